The van der Waals surface area contributed by atoms with E-state index in [4.69, 9.17) is 10.3 Å². The minimum atomic E-state index is -0.366. The van der Waals surface area contributed by atoms with Crippen LogP contribution in [0.4, 0.5) is 10.5 Å². The van der Waals surface area contributed by atoms with Crippen LogP contribution in [0, 0.1) is 0 Å². The van der Waals surface area contributed by atoms with E-state index in [9.17, 15) is 9.59 Å². The zero-order valence-electron chi connectivity index (χ0n) is 15.9. The third kappa shape index (κ3) is 5.51. The lowest BCUT2D eigenvalue weighted by molar-refractivity contribution is -0.129. The molecule has 5 N–H and O–H groups in total. The van der Waals surface area contributed by atoms with Crippen molar-refractivity contribution in [1.29, 1.82) is 0 Å². The Labute approximate surface area is 177 Å². The second-order valence-corrected chi connectivity index (χ2v) is 9.42. The number of nitrogens with one attached hydrogen (secondary N) is 3. The lowest BCUT2D eigenvalue weighted by atomic mass is 9.94. The molecule has 0 spiro atoms. The number of carbonyl (C=O) groups is 2. The summed E-state index contributed by atoms with van der Waals surface area (Å²) in [7, 11) is 0. The summed E-state index contributed by atoms with van der Waals surface area (Å²) in [5.74, 6) is 0.628. The molecule has 1 atom stereocenters. The zero-order chi connectivity index (χ0) is 20.7. The number of aliphatic hydroxyl groups is 1. The number of anilines is 1. The van der Waals surface area contributed by atoms with Crippen molar-refractivity contribution in [3.63, 3.8) is 0 Å². The summed E-state index contributed by atoms with van der Waals surface area (Å²) in [6.45, 7) is 0.0838. The van der Waals surface area contributed by atoms with Crippen molar-refractivity contribution in [2.24, 2.45) is 0 Å². The molecule has 0 saturated carbocycles. The highest BCUT2D eigenvalue weighted by Gasteiger charge is 2.38. The fourth-order valence-corrected chi connectivity index (χ4v) is 6.29. The van der Waals surface area contributed by atoms with Gasteiger partial charge < -0.3 is 15.7 Å². The quantitative estimate of drug-likeness (QED) is 0.337. The molecular formula is C20H25N3O4S2. The Kier molecular flexibility index (Phi) is 7.54. The molecule has 1 aliphatic heterocycles. The topological polar surface area (TPSA) is 111 Å². The molecule has 1 saturated heterocycles. The average molecular weight is 436 g/mol. The number of carbonyl (C=O) groups excluding carboxylic acids is 2. The molecule has 3 rings (SSSR count). The molecule has 0 bridgehead atoms. The van der Waals surface area contributed by atoms with Crippen LogP contribution in [0.5, 0.6) is 0 Å². The molecule has 7 nitrogen and oxygen atoms in total. The smallest absolute Gasteiger partial charge is 0.319 e. The van der Waals surface area contributed by atoms with E-state index in [1.54, 1.807) is 34.6 Å². The Hall–Kier alpha value is -2.07. The second kappa shape index (κ2) is 10.1. The lowest BCUT2D eigenvalue weighted by Gasteiger charge is -2.35. The van der Waals surface area contributed by atoms with Gasteiger partial charge in [-0.3, -0.25) is 10.0 Å². The van der Waals surface area contributed by atoms with Gasteiger partial charge in [-0.15, -0.1) is 23.1 Å². The highest BCUT2D eigenvalue weighted by Crippen LogP contribution is 2.50. The van der Waals surface area contributed by atoms with Crippen LogP contribution in [0.2, 0.25) is 0 Å². The van der Waals surface area contributed by atoms with Crippen molar-refractivity contribution in [2.45, 2.75) is 30.4 Å². The predicted octanol–water partition coefficient (Wildman–Crippen LogP) is 3.54. The standard InChI is InChI=1S/C20H25N3O4S2/c24-10-9-21-19(26)22-15-5-3-4-14(12-15)16-6-7-17(29-16)20(13-18(25)23-27)8-1-2-11-28-20/h3-7,12,24,27H,1-2,8-11,13H2,(H,23,25)(H2,21,22,26)/t20-/m0/s1. The summed E-state index contributed by atoms with van der Waals surface area (Å²) in [4.78, 5) is 25.9. The van der Waals surface area contributed by atoms with Crippen LogP contribution in [-0.2, 0) is 9.54 Å². The van der Waals surface area contributed by atoms with Gasteiger partial charge >= 0.3 is 6.03 Å². The normalized spacial score (nSPS) is 18.8. The highest BCUT2D eigenvalue weighted by atomic mass is 32.2. The molecule has 0 aliphatic carbocycles. The molecule has 1 fully saturated rings. The number of hydroxylamine groups is 1. The second-order valence-electron chi connectivity index (χ2n) is 6.86. The molecule has 9 heteroatoms. The average Bonchev–Trinajstić information content (AvgIpc) is 3.24. The summed E-state index contributed by atoms with van der Waals surface area (Å²) in [6.07, 6.45) is 3.34. The molecule has 1 aromatic carbocycles. The van der Waals surface area contributed by atoms with Crippen LogP contribution in [0.25, 0.3) is 10.4 Å². The molecule has 3 amide bonds. The molecule has 2 aromatic rings. The molecule has 2 heterocycles. The molecule has 1 aliphatic rings. The van der Waals surface area contributed by atoms with Crippen molar-refractivity contribution in [2.75, 3.05) is 24.2 Å². The van der Waals surface area contributed by atoms with Crippen molar-refractivity contribution in [3.05, 3.63) is 41.3 Å². The van der Waals surface area contributed by atoms with Crippen LogP contribution in [-0.4, -0.2) is 41.2 Å². The van der Waals surface area contributed by atoms with Crippen LogP contribution < -0.4 is 16.1 Å². The maximum Gasteiger partial charge on any atom is 0.319 e. The zero-order valence-corrected chi connectivity index (χ0v) is 17.6. The fraction of sp³-hybridized carbons (Fsp3) is 0.400. The Morgan fingerprint density at radius 3 is 2.76 bits per heavy atom. The van der Waals surface area contributed by atoms with E-state index in [1.165, 1.54) is 0 Å². The van der Waals surface area contributed by atoms with E-state index in [-0.39, 0.29) is 36.3 Å². The molecule has 0 unspecified atom stereocenters. The van der Waals surface area contributed by atoms with E-state index in [1.807, 2.05) is 24.3 Å². The first-order valence-corrected chi connectivity index (χ1v) is 11.3. The number of urea groups is 1. The van der Waals surface area contributed by atoms with E-state index in [0.717, 1.165) is 40.3 Å². The molecule has 1 aromatic heterocycles. The SMILES string of the molecule is O=C(C[C@]1(c2ccc(-c3cccc(NC(=O)NCCO)c3)s2)CCCCS1)NO. The van der Waals surface area contributed by atoms with Crippen LogP contribution >= 0.6 is 23.1 Å². The highest BCUT2D eigenvalue weighted by molar-refractivity contribution is 8.00. The van der Waals surface area contributed by atoms with E-state index in [2.05, 4.69) is 16.7 Å². The number of hydrogen-bond acceptors (Lipinski definition) is 6. The molecular weight excluding hydrogens is 410 g/mol. The summed E-state index contributed by atoms with van der Waals surface area (Å²) in [5, 5.41) is 23.1. The van der Waals surface area contributed by atoms with Crippen molar-refractivity contribution < 1.29 is 19.9 Å². The predicted molar refractivity (Wildman–Crippen MR) is 116 cm³/mol. The van der Waals surface area contributed by atoms with Gasteiger partial charge in [0.25, 0.3) is 0 Å². The number of amides is 3. The van der Waals surface area contributed by atoms with Crippen LogP contribution in [0.1, 0.15) is 30.6 Å². The maximum atomic E-state index is 11.9. The van der Waals surface area contributed by atoms with Crippen molar-refractivity contribution in [1.82, 2.24) is 10.8 Å². The first kappa shape index (κ1) is 21.6. The van der Waals surface area contributed by atoms with E-state index >= 15 is 0 Å². The first-order valence-electron chi connectivity index (χ1n) is 9.50. The van der Waals surface area contributed by atoms with Gasteiger partial charge in [0.15, 0.2) is 0 Å². The Bertz CT molecular complexity index is 850. The third-order valence-electron chi connectivity index (χ3n) is 4.78. The van der Waals surface area contributed by atoms with Gasteiger partial charge in [0.05, 0.1) is 11.4 Å². The van der Waals surface area contributed by atoms with Gasteiger partial charge in [-0.25, -0.2) is 10.3 Å². The van der Waals surface area contributed by atoms with Gasteiger partial charge in [-0.05, 0) is 48.4 Å². The summed E-state index contributed by atoms with van der Waals surface area (Å²) in [5.41, 5.74) is 3.41. The Balaban J connectivity index is 1.80. The van der Waals surface area contributed by atoms with Gasteiger partial charge in [0, 0.05) is 28.4 Å². The van der Waals surface area contributed by atoms with Gasteiger partial charge in [-0.2, -0.15) is 0 Å². The van der Waals surface area contributed by atoms with Crippen LogP contribution in [0.3, 0.4) is 0 Å². The monoisotopic (exact) mass is 435 g/mol. The van der Waals surface area contributed by atoms with Crippen molar-refractivity contribution >= 4 is 40.7 Å². The fourth-order valence-electron chi connectivity index (χ4n) is 3.40. The number of thioether (sulfide) groups is 1. The van der Waals surface area contributed by atoms with Gasteiger partial charge in [0.2, 0.25) is 5.91 Å². The molecule has 29 heavy (non-hydrogen) atoms. The number of hydrogen-bond donors (Lipinski definition) is 5. The molecule has 0 radical (unpaired) electrons. The largest absolute Gasteiger partial charge is 0.395 e. The number of thiophene rings is 1. The number of aliphatic hydroxyl groups excluding tert-OH is 1. The third-order valence-corrected chi connectivity index (χ3v) is 7.86. The van der Waals surface area contributed by atoms with Crippen molar-refractivity contribution in [3.8, 4) is 10.4 Å². The minimum absolute atomic E-state index is 0.112. The van der Waals surface area contributed by atoms with Gasteiger partial charge in [0.1, 0.15) is 0 Å². The number of benzene rings is 1. The van der Waals surface area contributed by atoms with Gasteiger partial charge in [-0.1, -0.05) is 18.6 Å². The Morgan fingerprint density at radius 2 is 2.03 bits per heavy atom. The van der Waals surface area contributed by atoms with E-state index in [0.29, 0.717) is 5.69 Å². The minimum Gasteiger partial charge on any atom is -0.395 e. The summed E-state index contributed by atoms with van der Waals surface area (Å²) in [6, 6.07) is 11.3. The lowest BCUT2D eigenvalue weighted by Crippen LogP contribution is -2.32. The Morgan fingerprint density at radius 1 is 1.17 bits per heavy atom. The van der Waals surface area contributed by atoms with E-state index < -0.39 is 0 Å². The maximum absolute atomic E-state index is 11.9. The number of rotatable bonds is 7. The first-order chi connectivity index (χ1) is 14.1. The summed E-state index contributed by atoms with van der Waals surface area (Å²) >= 11 is 3.43. The van der Waals surface area contributed by atoms with Crippen LogP contribution in [0.15, 0.2) is 36.4 Å². The molecule has 156 valence electrons. The summed E-state index contributed by atoms with van der Waals surface area (Å²) < 4.78 is -0.311.